The van der Waals surface area contributed by atoms with Crippen molar-refractivity contribution in [2.24, 2.45) is 0 Å². The predicted molar refractivity (Wildman–Crippen MR) is 77.7 cm³/mol. The number of amides is 1. The molecule has 0 unspecified atom stereocenters. The molecule has 20 heavy (non-hydrogen) atoms. The van der Waals surface area contributed by atoms with E-state index in [0.717, 1.165) is 5.56 Å². The van der Waals surface area contributed by atoms with E-state index >= 15 is 0 Å². The SMILES string of the molecule is Cc1cc(C(=O)N[C@@H](C)c2ccc(C(C)C)cc2)no1. The van der Waals surface area contributed by atoms with Gasteiger partial charge in [0.15, 0.2) is 5.69 Å². The molecule has 106 valence electrons. The number of nitrogens with zero attached hydrogens (tertiary/aromatic N) is 1. The molecule has 2 aromatic rings. The van der Waals surface area contributed by atoms with Gasteiger partial charge in [0.05, 0.1) is 6.04 Å². The van der Waals surface area contributed by atoms with Gasteiger partial charge in [-0.05, 0) is 30.9 Å². The minimum Gasteiger partial charge on any atom is -0.361 e. The quantitative estimate of drug-likeness (QED) is 0.925. The fourth-order valence-electron chi connectivity index (χ4n) is 2.00. The number of hydrogen-bond acceptors (Lipinski definition) is 3. The summed E-state index contributed by atoms with van der Waals surface area (Å²) in [7, 11) is 0. The zero-order chi connectivity index (χ0) is 14.7. The third-order valence-electron chi connectivity index (χ3n) is 3.31. The second-order valence-corrected chi connectivity index (χ2v) is 5.34. The average Bonchev–Trinajstić information content (AvgIpc) is 2.85. The Morgan fingerprint density at radius 3 is 2.25 bits per heavy atom. The normalized spacial score (nSPS) is 12.4. The van der Waals surface area contributed by atoms with Crippen molar-refractivity contribution >= 4 is 5.91 Å². The monoisotopic (exact) mass is 272 g/mol. The molecule has 2 rings (SSSR count). The van der Waals surface area contributed by atoms with E-state index in [1.807, 2.05) is 19.1 Å². The molecule has 4 nitrogen and oxygen atoms in total. The number of benzene rings is 1. The van der Waals surface area contributed by atoms with Crippen molar-refractivity contribution in [2.45, 2.75) is 39.7 Å². The average molecular weight is 272 g/mol. The van der Waals surface area contributed by atoms with Crippen LogP contribution in [0.5, 0.6) is 0 Å². The molecule has 1 heterocycles. The standard InChI is InChI=1S/C16H20N2O2/c1-10(2)13-5-7-14(8-6-13)12(4)17-16(19)15-9-11(3)20-18-15/h5-10,12H,1-4H3,(H,17,19)/t12-/m0/s1. The first-order chi connectivity index (χ1) is 9.47. The van der Waals surface area contributed by atoms with E-state index in [4.69, 9.17) is 4.52 Å². The van der Waals surface area contributed by atoms with Crippen molar-refractivity contribution in [3.63, 3.8) is 0 Å². The predicted octanol–water partition coefficient (Wildman–Crippen LogP) is 3.60. The second-order valence-electron chi connectivity index (χ2n) is 5.34. The van der Waals surface area contributed by atoms with E-state index in [1.54, 1.807) is 13.0 Å². The molecule has 0 aliphatic rings. The van der Waals surface area contributed by atoms with Crippen LogP contribution in [0.2, 0.25) is 0 Å². The van der Waals surface area contributed by atoms with Gasteiger partial charge in [-0.25, -0.2) is 0 Å². The molecule has 1 atom stereocenters. The minimum absolute atomic E-state index is 0.0688. The molecule has 0 radical (unpaired) electrons. The van der Waals surface area contributed by atoms with Crippen molar-refractivity contribution in [2.75, 3.05) is 0 Å². The summed E-state index contributed by atoms with van der Waals surface area (Å²) in [6, 6.07) is 9.86. The summed E-state index contributed by atoms with van der Waals surface area (Å²) in [5.74, 6) is 0.915. The highest BCUT2D eigenvalue weighted by Crippen LogP contribution is 2.18. The summed E-state index contributed by atoms with van der Waals surface area (Å²) in [4.78, 5) is 12.0. The van der Waals surface area contributed by atoms with Crippen LogP contribution in [0.3, 0.4) is 0 Å². The maximum absolute atomic E-state index is 12.0. The zero-order valence-corrected chi connectivity index (χ0v) is 12.3. The van der Waals surface area contributed by atoms with Crippen LogP contribution < -0.4 is 5.32 Å². The van der Waals surface area contributed by atoms with Gasteiger partial charge in [-0.2, -0.15) is 0 Å². The highest BCUT2D eigenvalue weighted by atomic mass is 16.5. The zero-order valence-electron chi connectivity index (χ0n) is 12.3. The molecule has 1 aromatic carbocycles. The molecule has 1 aromatic heterocycles. The Kier molecular flexibility index (Phi) is 4.23. The molecule has 1 N–H and O–H groups in total. The molecule has 0 aliphatic heterocycles. The highest BCUT2D eigenvalue weighted by Gasteiger charge is 2.14. The summed E-state index contributed by atoms with van der Waals surface area (Å²) < 4.78 is 4.90. The third kappa shape index (κ3) is 3.26. The van der Waals surface area contributed by atoms with Gasteiger partial charge in [0.1, 0.15) is 5.76 Å². The smallest absolute Gasteiger partial charge is 0.273 e. The Morgan fingerprint density at radius 2 is 1.75 bits per heavy atom. The fraction of sp³-hybridized carbons (Fsp3) is 0.375. The first-order valence-electron chi connectivity index (χ1n) is 6.81. The van der Waals surface area contributed by atoms with E-state index in [2.05, 4.69) is 36.5 Å². The van der Waals surface area contributed by atoms with E-state index in [-0.39, 0.29) is 11.9 Å². The largest absolute Gasteiger partial charge is 0.361 e. The molecule has 4 heteroatoms. The van der Waals surface area contributed by atoms with E-state index in [1.165, 1.54) is 5.56 Å². The third-order valence-corrected chi connectivity index (χ3v) is 3.31. The van der Waals surface area contributed by atoms with Crippen LogP contribution in [0.25, 0.3) is 0 Å². The maximum atomic E-state index is 12.0. The molecule has 1 amide bonds. The first kappa shape index (κ1) is 14.3. The lowest BCUT2D eigenvalue weighted by molar-refractivity contribution is 0.0930. The summed E-state index contributed by atoms with van der Waals surface area (Å²) in [6.07, 6.45) is 0. The molecular weight excluding hydrogens is 252 g/mol. The number of aryl methyl sites for hydroxylation is 1. The van der Waals surface area contributed by atoms with E-state index < -0.39 is 0 Å². The Bertz CT molecular complexity index is 585. The van der Waals surface area contributed by atoms with Gasteiger partial charge in [-0.15, -0.1) is 0 Å². The van der Waals surface area contributed by atoms with E-state index in [0.29, 0.717) is 17.4 Å². The number of hydrogen-bond donors (Lipinski definition) is 1. The Hall–Kier alpha value is -2.10. The topological polar surface area (TPSA) is 55.1 Å². The Balaban J connectivity index is 2.04. The Labute approximate surface area is 119 Å². The lowest BCUT2D eigenvalue weighted by Gasteiger charge is -2.14. The van der Waals surface area contributed by atoms with Crippen LogP contribution in [-0.2, 0) is 0 Å². The molecule has 0 aliphatic carbocycles. The molecule has 0 saturated heterocycles. The van der Waals surface area contributed by atoms with Crippen LogP contribution in [0.4, 0.5) is 0 Å². The fourth-order valence-corrected chi connectivity index (χ4v) is 2.00. The van der Waals surface area contributed by atoms with Crippen molar-refractivity contribution in [3.8, 4) is 0 Å². The van der Waals surface area contributed by atoms with Gasteiger partial charge in [0, 0.05) is 6.07 Å². The van der Waals surface area contributed by atoms with Crippen LogP contribution in [-0.4, -0.2) is 11.1 Å². The minimum atomic E-state index is -0.220. The van der Waals surface area contributed by atoms with Crippen LogP contribution in [0.1, 0.15) is 60.1 Å². The molecular formula is C16H20N2O2. The van der Waals surface area contributed by atoms with Gasteiger partial charge in [-0.1, -0.05) is 43.3 Å². The van der Waals surface area contributed by atoms with Gasteiger partial charge in [0.2, 0.25) is 0 Å². The van der Waals surface area contributed by atoms with Gasteiger partial charge >= 0.3 is 0 Å². The summed E-state index contributed by atoms with van der Waals surface area (Å²) in [5, 5.41) is 6.63. The van der Waals surface area contributed by atoms with Crippen LogP contribution in [0, 0.1) is 6.92 Å². The van der Waals surface area contributed by atoms with Crippen molar-refractivity contribution in [3.05, 3.63) is 52.9 Å². The van der Waals surface area contributed by atoms with Crippen molar-refractivity contribution < 1.29 is 9.32 Å². The summed E-state index contributed by atoms with van der Waals surface area (Å²) in [5.41, 5.74) is 2.68. The highest BCUT2D eigenvalue weighted by molar-refractivity contribution is 5.92. The maximum Gasteiger partial charge on any atom is 0.273 e. The van der Waals surface area contributed by atoms with Gasteiger partial charge in [0.25, 0.3) is 5.91 Å². The number of rotatable bonds is 4. The first-order valence-corrected chi connectivity index (χ1v) is 6.81. The lowest BCUT2D eigenvalue weighted by atomic mass is 9.99. The number of carbonyl (C=O) groups excluding carboxylic acids is 1. The Morgan fingerprint density at radius 1 is 1.15 bits per heavy atom. The molecule has 0 bridgehead atoms. The van der Waals surface area contributed by atoms with Gasteiger partial charge < -0.3 is 9.84 Å². The van der Waals surface area contributed by atoms with Crippen LogP contribution in [0.15, 0.2) is 34.9 Å². The van der Waals surface area contributed by atoms with Gasteiger partial charge in [-0.3, -0.25) is 4.79 Å². The van der Waals surface area contributed by atoms with Crippen LogP contribution >= 0.6 is 0 Å². The number of aromatic nitrogens is 1. The van der Waals surface area contributed by atoms with Crippen molar-refractivity contribution in [1.29, 1.82) is 0 Å². The number of carbonyl (C=O) groups is 1. The summed E-state index contributed by atoms with van der Waals surface area (Å²) >= 11 is 0. The molecule has 0 spiro atoms. The molecule has 0 saturated carbocycles. The number of nitrogens with one attached hydrogen (secondary N) is 1. The molecule has 0 fully saturated rings. The summed E-state index contributed by atoms with van der Waals surface area (Å²) in [6.45, 7) is 8.04. The lowest BCUT2D eigenvalue weighted by Crippen LogP contribution is -2.26. The van der Waals surface area contributed by atoms with Crippen molar-refractivity contribution in [1.82, 2.24) is 10.5 Å². The van der Waals surface area contributed by atoms with E-state index in [9.17, 15) is 4.79 Å². The second kappa shape index (κ2) is 5.90.